The van der Waals surface area contributed by atoms with Gasteiger partial charge in [0.25, 0.3) is 5.91 Å². The summed E-state index contributed by atoms with van der Waals surface area (Å²) in [5.74, 6) is -0.414. The highest BCUT2D eigenvalue weighted by atomic mass is 32.2. The lowest BCUT2D eigenvalue weighted by molar-refractivity contribution is -0.158. The normalized spacial score (nSPS) is 18.1. The largest absolute Gasteiger partial charge is 0.490 e. The fourth-order valence-corrected chi connectivity index (χ4v) is 7.41. The van der Waals surface area contributed by atoms with Crippen molar-refractivity contribution in [2.45, 2.75) is 108 Å². The van der Waals surface area contributed by atoms with Gasteiger partial charge in [-0.05, 0) is 91.3 Å². The number of hydrogen-bond acceptors (Lipinski definition) is 11. The van der Waals surface area contributed by atoms with Crippen molar-refractivity contribution >= 4 is 15.7 Å². The smallest absolute Gasteiger partial charge is 0.254 e. The molecule has 2 aromatic carbocycles. The predicted octanol–water partition coefficient (Wildman–Crippen LogP) is 2.96. The molecule has 0 radical (unpaired) electrons. The van der Waals surface area contributed by atoms with E-state index in [0.29, 0.717) is 25.5 Å². The Kier molecular flexibility index (Phi) is 13.7. The van der Waals surface area contributed by atoms with Crippen molar-refractivity contribution in [3.05, 3.63) is 83.2 Å². The third kappa shape index (κ3) is 10.4. The fraction of sp³-hybridized carbons (Fsp3) is 0.550. The number of benzene rings is 2. The molecule has 1 aromatic heterocycles. The quantitative estimate of drug-likeness (QED) is 0.0939. The topological polar surface area (TPSA) is 190 Å². The molecule has 3 aromatic rings. The van der Waals surface area contributed by atoms with Crippen molar-refractivity contribution < 1.29 is 43.5 Å². The number of nitrogens with zero attached hydrogens (tertiary/aromatic N) is 2. The Morgan fingerprint density at radius 2 is 1.77 bits per heavy atom. The van der Waals surface area contributed by atoms with Gasteiger partial charge >= 0.3 is 0 Å². The van der Waals surface area contributed by atoms with E-state index < -0.39 is 46.8 Å². The van der Waals surface area contributed by atoms with Crippen molar-refractivity contribution in [3.8, 4) is 16.9 Å². The number of ether oxygens (including phenoxy) is 1. The lowest BCUT2D eigenvalue weighted by Crippen LogP contribution is -2.53. The van der Waals surface area contributed by atoms with E-state index in [1.165, 1.54) is 17.4 Å². The summed E-state index contributed by atoms with van der Waals surface area (Å²) in [5.41, 5.74) is 6.62. The Morgan fingerprint density at radius 1 is 1.04 bits per heavy atom. The molecule has 53 heavy (non-hydrogen) atoms. The molecular weight excluding hydrogens is 699 g/mol. The van der Waals surface area contributed by atoms with Crippen molar-refractivity contribution in [1.82, 2.24) is 15.2 Å². The van der Waals surface area contributed by atoms with Crippen LogP contribution in [0.15, 0.2) is 60.9 Å². The van der Waals surface area contributed by atoms with Crippen LogP contribution in [0.5, 0.6) is 5.75 Å². The van der Waals surface area contributed by atoms with Crippen molar-refractivity contribution in [2.75, 3.05) is 31.2 Å². The van der Waals surface area contributed by atoms with E-state index in [4.69, 9.17) is 9.84 Å². The molecular formula is C40H55N3O9S. The number of rotatable bonds is 21. The van der Waals surface area contributed by atoms with Crippen molar-refractivity contribution in [1.29, 1.82) is 0 Å². The second-order valence-electron chi connectivity index (χ2n) is 14.6. The summed E-state index contributed by atoms with van der Waals surface area (Å²) >= 11 is 0. The maximum atomic E-state index is 13.2. The third-order valence-electron chi connectivity index (χ3n) is 10.6. The molecule has 0 aliphatic heterocycles. The molecule has 290 valence electrons. The van der Waals surface area contributed by atoms with Crippen LogP contribution in [0, 0.1) is 6.92 Å². The minimum Gasteiger partial charge on any atom is -0.490 e. The molecule has 5 rings (SSSR count). The van der Waals surface area contributed by atoms with Crippen LogP contribution in [0.3, 0.4) is 0 Å². The summed E-state index contributed by atoms with van der Waals surface area (Å²) in [6, 6.07) is 16.7. The van der Waals surface area contributed by atoms with Crippen LogP contribution in [0.1, 0.15) is 80.5 Å². The Balaban J connectivity index is 1.24. The number of pyridine rings is 1. The molecule has 1 unspecified atom stereocenters. The highest BCUT2D eigenvalue weighted by Gasteiger charge is 2.46. The van der Waals surface area contributed by atoms with Gasteiger partial charge in [0.1, 0.15) is 24.1 Å². The lowest BCUT2D eigenvalue weighted by Gasteiger charge is -2.30. The Labute approximate surface area is 312 Å². The Bertz CT molecular complexity index is 1800. The number of para-hydroxylation sites is 1. The van der Waals surface area contributed by atoms with Crippen LogP contribution in [-0.4, -0.2) is 111 Å². The molecule has 1 heterocycles. The number of nitrogens with one attached hydrogen (secondary N) is 1. The zero-order valence-corrected chi connectivity index (χ0v) is 31.7. The second-order valence-corrected chi connectivity index (χ2v) is 17.1. The van der Waals surface area contributed by atoms with Crippen LogP contribution < -0.4 is 10.1 Å². The fourth-order valence-electron chi connectivity index (χ4n) is 6.62. The highest BCUT2D eigenvalue weighted by molar-refractivity contribution is 7.91. The Morgan fingerprint density at radius 3 is 2.45 bits per heavy atom. The van der Waals surface area contributed by atoms with E-state index in [1.807, 2.05) is 30.6 Å². The molecule has 0 saturated heterocycles. The standard InChI is InChI=1S/C40H55N3O9S/c1-4-53(50,51)21-20-43(39(49)38(48)37(47)36(46)34(45)25-44)19-7-8-26(2)28-12-11-27(3)29(22-28)23-42-40(16-17-40)33-24-41-18-15-31(33)32-9-5-6-10-35(32)52-30-13-14-30/h5-6,9-12,15,18,22,24,26,30,34,36-38,42,44-48H,4,7-8,13-14,16-17,19-21,23,25H2,1-3H3/t26?,34-,36+,37-,38-/m0/s1. The van der Waals surface area contributed by atoms with Crippen LogP contribution in [-0.2, 0) is 26.7 Å². The lowest BCUT2D eigenvalue weighted by atomic mass is 9.92. The van der Waals surface area contributed by atoms with Gasteiger partial charge in [-0.2, -0.15) is 0 Å². The zero-order valence-electron chi connectivity index (χ0n) is 30.9. The van der Waals surface area contributed by atoms with Gasteiger partial charge in [0.15, 0.2) is 15.9 Å². The number of aliphatic hydroxyl groups excluding tert-OH is 5. The van der Waals surface area contributed by atoms with Gasteiger partial charge in [-0.15, -0.1) is 0 Å². The maximum absolute atomic E-state index is 13.2. The van der Waals surface area contributed by atoms with Crippen LogP contribution in [0.25, 0.3) is 11.1 Å². The summed E-state index contributed by atoms with van der Waals surface area (Å²) in [5, 5.41) is 53.6. The van der Waals surface area contributed by atoms with Gasteiger partial charge < -0.3 is 40.5 Å². The number of aliphatic hydroxyl groups is 5. The molecule has 2 aliphatic rings. The molecule has 2 fully saturated rings. The summed E-state index contributed by atoms with van der Waals surface area (Å²) in [6.07, 6.45) is 1.44. The van der Waals surface area contributed by atoms with E-state index in [1.54, 1.807) is 0 Å². The molecule has 6 N–H and O–H groups in total. The first kappa shape index (κ1) is 40.7. The number of sulfone groups is 1. The molecule has 5 atom stereocenters. The van der Waals surface area contributed by atoms with Gasteiger partial charge in [0.05, 0.1) is 18.5 Å². The highest BCUT2D eigenvalue weighted by Crippen LogP contribution is 2.50. The molecule has 2 aliphatic carbocycles. The molecule has 0 spiro atoms. The van der Waals surface area contributed by atoms with E-state index in [0.717, 1.165) is 59.3 Å². The summed E-state index contributed by atoms with van der Waals surface area (Å²) in [6.45, 7) is 5.37. The number of carbonyl (C=O) groups is 1. The molecule has 1 amide bonds. The third-order valence-corrected chi connectivity index (χ3v) is 12.3. The average molecular weight is 754 g/mol. The average Bonchev–Trinajstić information content (AvgIpc) is 4.12. The minimum atomic E-state index is -3.45. The Hall–Kier alpha value is -3.43. The van der Waals surface area contributed by atoms with Gasteiger partial charge in [0, 0.05) is 48.9 Å². The number of carbonyl (C=O) groups excluding carboxylic acids is 1. The molecule has 12 nitrogen and oxygen atoms in total. The minimum absolute atomic E-state index is 0.0884. The summed E-state index contributed by atoms with van der Waals surface area (Å²) in [4.78, 5) is 18.9. The van der Waals surface area contributed by atoms with Crippen LogP contribution in [0.4, 0.5) is 0 Å². The number of hydrogen-bond donors (Lipinski definition) is 6. The molecule has 0 bridgehead atoms. The first-order chi connectivity index (χ1) is 25.3. The van der Waals surface area contributed by atoms with E-state index in [-0.39, 0.29) is 36.1 Å². The SMILES string of the molecule is CCS(=O)(=O)CCN(CCCC(C)c1ccc(C)c(CNC2(c3cnccc3-c3ccccc3OC3CC3)CC2)c1)C(=O)[C@@H](O)[C@@H](O)[C@H](O)[C@@H](O)CO. The van der Waals surface area contributed by atoms with Crippen LogP contribution in [0.2, 0.25) is 0 Å². The zero-order chi connectivity index (χ0) is 38.3. The van der Waals surface area contributed by atoms with Crippen molar-refractivity contribution in [3.63, 3.8) is 0 Å². The van der Waals surface area contributed by atoms with E-state index in [9.17, 15) is 33.6 Å². The molecule has 13 heteroatoms. The summed E-state index contributed by atoms with van der Waals surface area (Å²) < 4.78 is 30.8. The molecule has 2 saturated carbocycles. The van der Waals surface area contributed by atoms with Gasteiger partial charge in [-0.25, -0.2) is 8.42 Å². The maximum Gasteiger partial charge on any atom is 0.254 e. The van der Waals surface area contributed by atoms with Crippen molar-refractivity contribution in [2.24, 2.45) is 0 Å². The number of amides is 1. The number of aryl methyl sites for hydroxylation is 1. The first-order valence-corrected chi connectivity index (χ1v) is 20.5. The van der Waals surface area contributed by atoms with E-state index >= 15 is 0 Å². The van der Waals surface area contributed by atoms with Gasteiger partial charge in [-0.1, -0.05) is 50.2 Å². The van der Waals surface area contributed by atoms with Gasteiger partial charge in [0.2, 0.25) is 0 Å². The van der Waals surface area contributed by atoms with Crippen LogP contribution >= 0.6 is 0 Å². The summed E-state index contributed by atoms with van der Waals surface area (Å²) in [7, 11) is -3.45. The van der Waals surface area contributed by atoms with Gasteiger partial charge in [-0.3, -0.25) is 9.78 Å². The predicted molar refractivity (Wildman–Crippen MR) is 202 cm³/mol. The monoisotopic (exact) mass is 753 g/mol. The number of aromatic nitrogens is 1. The second kappa shape index (κ2) is 17.8. The van der Waals surface area contributed by atoms with E-state index in [2.05, 4.69) is 54.5 Å². The first-order valence-electron chi connectivity index (χ1n) is 18.7.